The zero-order chi connectivity index (χ0) is 18.8. The van der Waals surface area contributed by atoms with E-state index in [2.05, 4.69) is 17.0 Å². The molecule has 7 heteroatoms. The maximum absolute atomic E-state index is 13.3. The van der Waals surface area contributed by atoms with Gasteiger partial charge in [0, 0.05) is 32.0 Å². The molecule has 1 fully saturated rings. The van der Waals surface area contributed by atoms with Crippen LogP contribution in [-0.4, -0.2) is 63.3 Å². The molecule has 0 N–H and O–H groups in total. The van der Waals surface area contributed by atoms with Gasteiger partial charge in [0.1, 0.15) is 11.4 Å². The molecule has 27 heavy (non-hydrogen) atoms. The second-order valence-electron chi connectivity index (χ2n) is 6.81. The van der Waals surface area contributed by atoms with Gasteiger partial charge in [-0.05, 0) is 56.4 Å². The highest BCUT2D eigenvalue weighted by Gasteiger charge is 2.25. The number of rotatable bonds is 3. The molecular weight excluding hydrogens is 345 g/mol. The van der Waals surface area contributed by atoms with Crippen molar-refractivity contribution in [2.24, 2.45) is 0 Å². The maximum Gasteiger partial charge on any atom is 0.259 e. The molecule has 0 aliphatic carbocycles. The Morgan fingerprint density at radius 2 is 1.78 bits per heavy atom. The summed E-state index contributed by atoms with van der Waals surface area (Å²) in [5, 5.41) is 4.44. The Labute approximate surface area is 157 Å². The summed E-state index contributed by atoms with van der Waals surface area (Å²) in [5.41, 5.74) is 1.25. The van der Waals surface area contributed by atoms with Gasteiger partial charge in [0.25, 0.3) is 5.91 Å². The summed E-state index contributed by atoms with van der Waals surface area (Å²) < 4.78 is 16.9. The van der Waals surface area contributed by atoms with Gasteiger partial charge in [0.2, 0.25) is 0 Å². The monoisotopic (exact) mass is 367 g/mol. The molecule has 1 saturated heterocycles. The Kier molecular flexibility index (Phi) is 4.77. The van der Waals surface area contributed by atoms with Crippen LogP contribution in [0.4, 0.5) is 4.39 Å². The number of likely N-dealkylation sites (N-methyl/N-ethyl adjacent to an activating group) is 1. The molecule has 0 atom stereocenters. The lowest BCUT2D eigenvalue weighted by Crippen LogP contribution is -2.34. The fourth-order valence-corrected chi connectivity index (χ4v) is 3.41. The second-order valence-corrected chi connectivity index (χ2v) is 6.81. The van der Waals surface area contributed by atoms with Crippen LogP contribution in [0.2, 0.25) is 0 Å². The number of hydrogen-bond acceptors (Lipinski definition) is 3. The van der Waals surface area contributed by atoms with Crippen molar-refractivity contribution in [1.82, 2.24) is 24.1 Å². The number of nitrogens with zero attached hydrogens (tertiary/aromatic N) is 5. The molecule has 1 amide bonds. The lowest BCUT2D eigenvalue weighted by molar-refractivity contribution is 0.0763. The predicted molar refractivity (Wildman–Crippen MR) is 101 cm³/mol. The Bertz CT molecular complexity index is 917. The van der Waals surface area contributed by atoms with Gasteiger partial charge in [0.05, 0.1) is 11.9 Å². The summed E-state index contributed by atoms with van der Waals surface area (Å²) in [5.74, 6) is 0.329. The predicted octanol–water partition coefficient (Wildman–Crippen LogP) is 2.58. The number of halogens is 1. The van der Waals surface area contributed by atoms with Gasteiger partial charge in [-0.3, -0.25) is 4.79 Å². The highest BCUT2D eigenvalue weighted by Crippen LogP contribution is 2.22. The fraction of sp³-hybridized carbons (Fsp3) is 0.300. The average molecular weight is 367 g/mol. The van der Waals surface area contributed by atoms with Gasteiger partial charge in [-0.15, -0.1) is 0 Å². The van der Waals surface area contributed by atoms with Crippen molar-refractivity contribution in [1.29, 1.82) is 0 Å². The molecule has 1 aliphatic rings. The van der Waals surface area contributed by atoms with E-state index in [0.717, 1.165) is 26.1 Å². The molecule has 0 bridgehead atoms. The third-order valence-electron chi connectivity index (χ3n) is 4.90. The Morgan fingerprint density at radius 3 is 2.52 bits per heavy atom. The number of amides is 1. The number of benzene rings is 1. The van der Waals surface area contributed by atoms with Crippen molar-refractivity contribution in [3.8, 4) is 11.5 Å². The molecule has 6 nitrogen and oxygen atoms in total. The average Bonchev–Trinajstić information content (AvgIpc) is 3.29. The highest BCUT2D eigenvalue weighted by atomic mass is 19.1. The van der Waals surface area contributed by atoms with Gasteiger partial charge < -0.3 is 14.4 Å². The van der Waals surface area contributed by atoms with Crippen LogP contribution in [0.25, 0.3) is 11.5 Å². The van der Waals surface area contributed by atoms with Crippen molar-refractivity contribution >= 4 is 5.91 Å². The lowest BCUT2D eigenvalue weighted by atomic mass is 10.2. The van der Waals surface area contributed by atoms with Crippen LogP contribution in [0.3, 0.4) is 0 Å². The van der Waals surface area contributed by atoms with Crippen LogP contribution < -0.4 is 0 Å². The SMILES string of the molecule is CN1CCCN(C(=O)c2cnn(-c3ccc(F)cc3)c2-n2cccc2)CC1. The summed E-state index contributed by atoms with van der Waals surface area (Å²) >= 11 is 0. The smallest absolute Gasteiger partial charge is 0.259 e. The van der Waals surface area contributed by atoms with E-state index < -0.39 is 0 Å². The van der Waals surface area contributed by atoms with Crippen LogP contribution in [-0.2, 0) is 0 Å². The molecular formula is C20H22FN5O. The minimum Gasteiger partial charge on any atom is -0.337 e. The molecule has 140 valence electrons. The van der Waals surface area contributed by atoms with E-state index in [-0.39, 0.29) is 11.7 Å². The molecule has 4 rings (SSSR count). The van der Waals surface area contributed by atoms with E-state index in [0.29, 0.717) is 23.6 Å². The number of carbonyl (C=O) groups excluding carboxylic acids is 1. The number of carbonyl (C=O) groups is 1. The van der Waals surface area contributed by atoms with Crippen molar-refractivity contribution in [3.63, 3.8) is 0 Å². The van der Waals surface area contributed by atoms with Gasteiger partial charge in [0.15, 0.2) is 5.82 Å². The van der Waals surface area contributed by atoms with Crippen molar-refractivity contribution < 1.29 is 9.18 Å². The quantitative estimate of drug-likeness (QED) is 0.715. The summed E-state index contributed by atoms with van der Waals surface area (Å²) in [6, 6.07) is 9.90. The van der Waals surface area contributed by atoms with Crippen LogP contribution in [0.5, 0.6) is 0 Å². The Morgan fingerprint density at radius 1 is 1.04 bits per heavy atom. The normalized spacial score (nSPS) is 15.7. The zero-order valence-corrected chi connectivity index (χ0v) is 15.3. The molecule has 2 aromatic heterocycles. The van der Waals surface area contributed by atoms with Crippen molar-refractivity contribution in [2.45, 2.75) is 6.42 Å². The molecule has 0 saturated carbocycles. The molecule has 3 heterocycles. The van der Waals surface area contributed by atoms with Gasteiger partial charge in [-0.25, -0.2) is 9.07 Å². The number of aromatic nitrogens is 3. The molecule has 0 spiro atoms. The van der Waals surface area contributed by atoms with Gasteiger partial charge in [-0.2, -0.15) is 5.10 Å². The largest absolute Gasteiger partial charge is 0.337 e. The first-order chi connectivity index (χ1) is 13.1. The summed E-state index contributed by atoms with van der Waals surface area (Å²) in [6.07, 6.45) is 6.32. The first-order valence-corrected chi connectivity index (χ1v) is 9.08. The Hall–Kier alpha value is -2.93. The zero-order valence-electron chi connectivity index (χ0n) is 15.3. The molecule has 1 aromatic carbocycles. The van der Waals surface area contributed by atoms with Crippen LogP contribution >= 0.6 is 0 Å². The minimum atomic E-state index is -0.307. The first kappa shape index (κ1) is 17.5. The van der Waals surface area contributed by atoms with E-state index in [1.165, 1.54) is 12.1 Å². The van der Waals surface area contributed by atoms with Crippen molar-refractivity contribution in [3.05, 3.63) is 66.4 Å². The molecule has 3 aromatic rings. The number of hydrogen-bond donors (Lipinski definition) is 0. The van der Waals surface area contributed by atoms with E-state index >= 15 is 0 Å². The van der Waals surface area contributed by atoms with Crippen LogP contribution in [0, 0.1) is 5.82 Å². The lowest BCUT2D eigenvalue weighted by Gasteiger charge is -2.21. The van der Waals surface area contributed by atoms with E-state index in [1.807, 2.05) is 34.0 Å². The summed E-state index contributed by atoms with van der Waals surface area (Å²) in [6.45, 7) is 3.28. The standard InChI is InChI=1S/C20H22FN5O/c1-23-9-4-12-25(14-13-23)20(27)18-15-22-26(17-7-5-16(21)6-8-17)19(18)24-10-2-3-11-24/h2-3,5-8,10-11,15H,4,9,12-14H2,1H3. The molecule has 0 radical (unpaired) electrons. The van der Waals surface area contributed by atoms with E-state index in [1.54, 1.807) is 23.0 Å². The fourth-order valence-electron chi connectivity index (χ4n) is 3.41. The minimum absolute atomic E-state index is 0.0256. The molecule has 1 aliphatic heterocycles. The third kappa shape index (κ3) is 3.50. The van der Waals surface area contributed by atoms with E-state index in [9.17, 15) is 9.18 Å². The first-order valence-electron chi connectivity index (χ1n) is 9.08. The van der Waals surface area contributed by atoms with E-state index in [4.69, 9.17) is 0 Å². The summed E-state index contributed by atoms with van der Waals surface area (Å²) in [7, 11) is 2.08. The maximum atomic E-state index is 13.3. The van der Waals surface area contributed by atoms with Gasteiger partial charge >= 0.3 is 0 Å². The highest BCUT2D eigenvalue weighted by molar-refractivity contribution is 5.97. The van der Waals surface area contributed by atoms with Crippen LogP contribution in [0.15, 0.2) is 55.0 Å². The summed E-state index contributed by atoms with van der Waals surface area (Å²) in [4.78, 5) is 17.4. The van der Waals surface area contributed by atoms with Crippen LogP contribution in [0.1, 0.15) is 16.8 Å². The van der Waals surface area contributed by atoms with Crippen molar-refractivity contribution in [2.75, 3.05) is 33.2 Å². The Balaban J connectivity index is 1.75. The topological polar surface area (TPSA) is 46.3 Å². The third-order valence-corrected chi connectivity index (χ3v) is 4.90. The van der Waals surface area contributed by atoms with Gasteiger partial charge in [-0.1, -0.05) is 0 Å². The second kappa shape index (κ2) is 7.36. The molecule has 0 unspecified atom stereocenters.